The summed E-state index contributed by atoms with van der Waals surface area (Å²) in [5.41, 5.74) is 2.44. The van der Waals surface area contributed by atoms with Gasteiger partial charge in [0.05, 0.1) is 17.0 Å². The first kappa shape index (κ1) is 23.4. The van der Waals surface area contributed by atoms with E-state index in [0.29, 0.717) is 47.3 Å². The van der Waals surface area contributed by atoms with Crippen molar-refractivity contribution >= 4 is 23.3 Å². The lowest BCUT2D eigenvalue weighted by atomic mass is 9.96. The van der Waals surface area contributed by atoms with E-state index >= 15 is 0 Å². The van der Waals surface area contributed by atoms with Gasteiger partial charge in [-0.2, -0.15) is 5.10 Å². The van der Waals surface area contributed by atoms with Crippen molar-refractivity contribution in [2.75, 3.05) is 26.2 Å². The fourth-order valence-electron chi connectivity index (χ4n) is 4.57. The number of hydrogen-bond acceptors (Lipinski definition) is 6. The monoisotopic (exact) mass is 472 g/mol. The third-order valence-corrected chi connectivity index (χ3v) is 7.88. The third-order valence-electron chi connectivity index (χ3n) is 6.72. The van der Waals surface area contributed by atoms with E-state index in [-0.39, 0.29) is 23.5 Å². The van der Waals surface area contributed by atoms with E-state index in [2.05, 4.69) is 15.4 Å². The van der Waals surface area contributed by atoms with Crippen LogP contribution < -0.4 is 10.9 Å². The van der Waals surface area contributed by atoms with Gasteiger partial charge in [0.1, 0.15) is 9.88 Å². The Morgan fingerprint density at radius 2 is 1.61 bits per heavy atom. The predicted molar refractivity (Wildman–Crippen MR) is 128 cm³/mol. The smallest absolute Gasteiger partial charge is 0.317 e. The van der Waals surface area contributed by atoms with E-state index in [0.717, 1.165) is 24.1 Å². The molecule has 33 heavy (non-hydrogen) atoms. The zero-order chi connectivity index (χ0) is 23.7. The van der Waals surface area contributed by atoms with Crippen molar-refractivity contribution in [2.45, 2.75) is 58.9 Å². The van der Waals surface area contributed by atoms with Crippen molar-refractivity contribution in [2.24, 2.45) is 7.05 Å². The maximum absolute atomic E-state index is 13.2. The number of nitrogens with one attached hydrogen (secondary N) is 1. The number of thiazole rings is 1. The van der Waals surface area contributed by atoms with Gasteiger partial charge >= 0.3 is 6.03 Å². The summed E-state index contributed by atoms with van der Waals surface area (Å²) >= 11 is 1.25. The zero-order valence-electron chi connectivity index (χ0n) is 19.8. The highest BCUT2D eigenvalue weighted by Crippen LogP contribution is 2.29. The largest absolute Gasteiger partial charge is 0.335 e. The van der Waals surface area contributed by atoms with E-state index < -0.39 is 0 Å². The quantitative estimate of drug-likeness (QED) is 0.740. The van der Waals surface area contributed by atoms with Crippen LogP contribution in [0.3, 0.4) is 0 Å². The van der Waals surface area contributed by atoms with Gasteiger partial charge in [-0.05, 0) is 39.2 Å². The van der Waals surface area contributed by atoms with Gasteiger partial charge in [-0.1, -0.05) is 19.3 Å². The average molecular weight is 473 g/mol. The normalized spacial score (nSPS) is 17.3. The summed E-state index contributed by atoms with van der Waals surface area (Å²) in [6, 6.07) is 0.252. The van der Waals surface area contributed by atoms with Crippen molar-refractivity contribution in [1.29, 1.82) is 0 Å². The van der Waals surface area contributed by atoms with Crippen LogP contribution in [-0.2, 0) is 7.05 Å². The van der Waals surface area contributed by atoms with Crippen LogP contribution in [0, 0.1) is 20.8 Å². The summed E-state index contributed by atoms with van der Waals surface area (Å²) in [4.78, 5) is 47.2. The van der Waals surface area contributed by atoms with Gasteiger partial charge in [-0.25, -0.2) is 14.5 Å². The van der Waals surface area contributed by atoms with Crippen molar-refractivity contribution < 1.29 is 9.59 Å². The Hall–Kier alpha value is -2.75. The number of carbonyl (C=O) groups is 2. The fraction of sp³-hybridized carbons (Fsp3) is 0.609. The number of urea groups is 1. The molecule has 0 radical (unpaired) electrons. The van der Waals surface area contributed by atoms with Gasteiger partial charge in [-0.3, -0.25) is 9.59 Å². The van der Waals surface area contributed by atoms with Gasteiger partial charge in [0.25, 0.3) is 11.5 Å². The zero-order valence-corrected chi connectivity index (χ0v) is 20.6. The molecular formula is C23H32N6O3S. The van der Waals surface area contributed by atoms with Gasteiger partial charge in [0.15, 0.2) is 0 Å². The molecule has 2 fully saturated rings. The minimum Gasteiger partial charge on any atom is -0.335 e. The number of aromatic nitrogens is 3. The molecule has 0 atom stereocenters. The van der Waals surface area contributed by atoms with Crippen molar-refractivity contribution in [3.05, 3.63) is 32.2 Å². The molecule has 178 valence electrons. The van der Waals surface area contributed by atoms with Gasteiger partial charge < -0.3 is 15.1 Å². The van der Waals surface area contributed by atoms with E-state index in [1.807, 2.05) is 13.8 Å². The second-order valence-electron chi connectivity index (χ2n) is 9.01. The molecule has 4 rings (SSSR count). The van der Waals surface area contributed by atoms with Gasteiger partial charge in [0, 0.05) is 39.3 Å². The second kappa shape index (κ2) is 9.62. The lowest BCUT2D eigenvalue weighted by molar-refractivity contribution is 0.0666. The molecule has 0 aromatic carbocycles. The molecule has 2 aromatic rings. The molecule has 0 bridgehead atoms. The maximum atomic E-state index is 13.2. The number of nitrogens with zero attached hydrogens (tertiary/aromatic N) is 5. The van der Waals surface area contributed by atoms with Gasteiger partial charge in [-0.15, -0.1) is 11.3 Å². The Labute approximate surface area is 197 Å². The van der Waals surface area contributed by atoms with Crippen molar-refractivity contribution in [3.8, 4) is 10.6 Å². The number of piperazine rings is 1. The Balaban J connectivity index is 1.43. The number of hydrogen-bond donors (Lipinski definition) is 1. The molecule has 3 heterocycles. The highest BCUT2D eigenvalue weighted by Gasteiger charge is 2.29. The maximum Gasteiger partial charge on any atom is 0.317 e. The number of carbonyl (C=O) groups excluding carboxylic acids is 2. The van der Waals surface area contributed by atoms with Crippen LogP contribution in [-0.4, -0.2) is 68.7 Å². The van der Waals surface area contributed by atoms with Crippen LogP contribution in [0.2, 0.25) is 0 Å². The lowest BCUT2D eigenvalue weighted by Gasteiger charge is -2.35. The molecular weight excluding hydrogens is 440 g/mol. The average Bonchev–Trinajstić information content (AvgIpc) is 3.19. The van der Waals surface area contributed by atoms with Crippen molar-refractivity contribution in [3.63, 3.8) is 0 Å². The molecule has 1 aliphatic carbocycles. The van der Waals surface area contributed by atoms with Crippen LogP contribution in [0.25, 0.3) is 10.6 Å². The SMILES string of the molecule is Cc1nc(-c2c(C)c(C)nn(C)c2=O)sc1C(=O)N1CCN(C(=O)NC2CCCCC2)CC1. The minimum atomic E-state index is -0.219. The Kier molecular flexibility index (Phi) is 6.83. The standard InChI is InChI=1S/C23H32N6O3S/c1-14-15(2)26-27(4)21(30)18(14)20-24-16(3)19(33-20)22(31)28-10-12-29(13-11-28)23(32)25-17-8-6-5-7-9-17/h17H,5-13H2,1-4H3,(H,25,32). The molecule has 2 aliphatic rings. The van der Waals surface area contributed by atoms with Crippen LogP contribution in [0.4, 0.5) is 4.79 Å². The van der Waals surface area contributed by atoms with E-state index in [1.165, 1.54) is 35.3 Å². The second-order valence-corrected chi connectivity index (χ2v) is 10.0. The molecule has 1 aliphatic heterocycles. The minimum absolute atomic E-state index is 0.0235. The summed E-state index contributed by atoms with van der Waals surface area (Å²) < 4.78 is 1.31. The van der Waals surface area contributed by atoms with Crippen molar-refractivity contribution in [1.82, 2.24) is 29.9 Å². The predicted octanol–water partition coefficient (Wildman–Crippen LogP) is 2.63. The highest BCUT2D eigenvalue weighted by atomic mass is 32.1. The first-order chi connectivity index (χ1) is 15.8. The number of amides is 3. The first-order valence-corrected chi connectivity index (χ1v) is 12.4. The molecule has 3 amide bonds. The van der Waals surface area contributed by atoms with Crippen LogP contribution >= 0.6 is 11.3 Å². The topological polar surface area (TPSA) is 100 Å². The molecule has 10 heteroatoms. The molecule has 1 saturated carbocycles. The Bertz CT molecular complexity index is 1110. The first-order valence-electron chi connectivity index (χ1n) is 11.6. The van der Waals surface area contributed by atoms with Crippen LogP contribution in [0.5, 0.6) is 0 Å². The molecule has 2 aromatic heterocycles. The Morgan fingerprint density at radius 1 is 0.970 bits per heavy atom. The molecule has 0 unspecified atom stereocenters. The third kappa shape index (κ3) is 4.80. The molecule has 9 nitrogen and oxygen atoms in total. The summed E-state index contributed by atoms with van der Waals surface area (Å²) in [6.45, 7) is 7.51. The number of rotatable bonds is 3. The lowest BCUT2D eigenvalue weighted by Crippen LogP contribution is -2.54. The molecule has 1 N–H and O–H groups in total. The summed E-state index contributed by atoms with van der Waals surface area (Å²) in [5.74, 6) is -0.0937. The molecule has 1 saturated heterocycles. The van der Waals surface area contributed by atoms with Crippen LogP contribution in [0.15, 0.2) is 4.79 Å². The van der Waals surface area contributed by atoms with E-state index in [9.17, 15) is 14.4 Å². The fourth-order valence-corrected chi connectivity index (χ4v) is 5.70. The van der Waals surface area contributed by atoms with E-state index in [1.54, 1.807) is 23.8 Å². The summed E-state index contributed by atoms with van der Waals surface area (Å²) in [5, 5.41) is 7.92. The number of aryl methyl sites for hydroxylation is 3. The summed E-state index contributed by atoms with van der Waals surface area (Å²) in [7, 11) is 1.62. The van der Waals surface area contributed by atoms with Crippen LogP contribution in [0.1, 0.15) is 58.7 Å². The summed E-state index contributed by atoms with van der Waals surface area (Å²) in [6.07, 6.45) is 5.70. The van der Waals surface area contributed by atoms with E-state index in [4.69, 9.17) is 0 Å². The Morgan fingerprint density at radius 3 is 2.27 bits per heavy atom. The van der Waals surface area contributed by atoms with Gasteiger partial charge in [0.2, 0.25) is 0 Å². The highest BCUT2D eigenvalue weighted by molar-refractivity contribution is 7.17. The molecule has 0 spiro atoms.